The van der Waals surface area contributed by atoms with Crippen molar-refractivity contribution >= 4 is 5.95 Å². The fourth-order valence-corrected chi connectivity index (χ4v) is 1.71. The Morgan fingerprint density at radius 3 is 2.76 bits per heavy atom. The summed E-state index contributed by atoms with van der Waals surface area (Å²) >= 11 is 0. The second-order valence-corrected chi connectivity index (χ2v) is 4.46. The molecule has 4 heteroatoms. The lowest BCUT2D eigenvalue weighted by atomic mass is 10.1. The summed E-state index contributed by atoms with van der Waals surface area (Å²) in [7, 11) is 1.84. The molecule has 0 saturated carbocycles. The summed E-state index contributed by atoms with van der Waals surface area (Å²) in [5, 5.41) is 2.97. The summed E-state index contributed by atoms with van der Waals surface area (Å²) < 4.78 is 0. The van der Waals surface area contributed by atoms with Gasteiger partial charge in [0, 0.05) is 26.3 Å². The summed E-state index contributed by atoms with van der Waals surface area (Å²) in [6, 6.07) is 1.99. The molecule has 1 aromatic heterocycles. The number of nitrogens with zero attached hydrogens (tertiary/aromatic N) is 3. The first kappa shape index (κ1) is 13.9. The van der Waals surface area contributed by atoms with Gasteiger partial charge < -0.3 is 5.32 Å². The largest absolute Gasteiger partial charge is 0.357 e. The SMILES string of the molecule is CCC(C)CN(CC)Cc1ccnc(NC)n1. The van der Waals surface area contributed by atoms with E-state index in [0.29, 0.717) is 5.95 Å². The monoisotopic (exact) mass is 236 g/mol. The van der Waals surface area contributed by atoms with Gasteiger partial charge in [0.05, 0.1) is 5.69 Å². The first-order valence-corrected chi connectivity index (χ1v) is 6.41. The van der Waals surface area contributed by atoms with Crippen LogP contribution < -0.4 is 5.32 Å². The van der Waals surface area contributed by atoms with Gasteiger partial charge in [-0.3, -0.25) is 4.90 Å². The Balaban J connectivity index is 2.60. The smallest absolute Gasteiger partial charge is 0.222 e. The third kappa shape index (κ3) is 4.69. The number of hydrogen-bond donors (Lipinski definition) is 1. The molecule has 1 aromatic rings. The van der Waals surface area contributed by atoms with E-state index in [0.717, 1.165) is 31.2 Å². The van der Waals surface area contributed by atoms with Gasteiger partial charge >= 0.3 is 0 Å². The Morgan fingerprint density at radius 1 is 1.41 bits per heavy atom. The molecule has 1 N–H and O–H groups in total. The van der Waals surface area contributed by atoms with Gasteiger partial charge in [0.2, 0.25) is 5.95 Å². The Bertz CT molecular complexity index is 327. The van der Waals surface area contributed by atoms with E-state index in [1.54, 1.807) is 0 Å². The topological polar surface area (TPSA) is 41.1 Å². The number of rotatable bonds is 7. The van der Waals surface area contributed by atoms with E-state index >= 15 is 0 Å². The maximum Gasteiger partial charge on any atom is 0.222 e. The Morgan fingerprint density at radius 2 is 2.18 bits per heavy atom. The fourth-order valence-electron chi connectivity index (χ4n) is 1.71. The zero-order valence-corrected chi connectivity index (χ0v) is 11.4. The molecule has 0 radical (unpaired) electrons. The van der Waals surface area contributed by atoms with Crippen molar-refractivity contribution in [3.8, 4) is 0 Å². The van der Waals surface area contributed by atoms with Crippen LogP contribution in [0.5, 0.6) is 0 Å². The van der Waals surface area contributed by atoms with E-state index < -0.39 is 0 Å². The predicted molar refractivity (Wildman–Crippen MR) is 72.0 cm³/mol. The lowest BCUT2D eigenvalue weighted by Gasteiger charge is -2.23. The van der Waals surface area contributed by atoms with Crippen LogP contribution in [0.15, 0.2) is 12.3 Å². The zero-order valence-electron chi connectivity index (χ0n) is 11.4. The van der Waals surface area contributed by atoms with E-state index in [4.69, 9.17) is 0 Å². The second-order valence-electron chi connectivity index (χ2n) is 4.46. The quantitative estimate of drug-likeness (QED) is 0.789. The van der Waals surface area contributed by atoms with E-state index in [9.17, 15) is 0 Å². The van der Waals surface area contributed by atoms with Crippen molar-refractivity contribution in [1.82, 2.24) is 14.9 Å². The lowest BCUT2D eigenvalue weighted by Crippen LogP contribution is -2.28. The van der Waals surface area contributed by atoms with Crippen LogP contribution in [0.2, 0.25) is 0 Å². The second kappa shape index (κ2) is 7.22. The molecule has 0 spiro atoms. The van der Waals surface area contributed by atoms with Crippen LogP contribution in [-0.2, 0) is 6.54 Å². The van der Waals surface area contributed by atoms with Crippen LogP contribution in [0, 0.1) is 5.92 Å². The van der Waals surface area contributed by atoms with Crippen LogP contribution in [0.3, 0.4) is 0 Å². The molecule has 0 fully saturated rings. The van der Waals surface area contributed by atoms with Crippen molar-refractivity contribution < 1.29 is 0 Å². The van der Waals surface area contributed by atoms with E-state index in [2.05, 4.69) is 41.0 Å². The summed E-state index contributed by atoms with van der Waals surface area (Å²) in [6.45, 7) is 9.82. The molecule has 1 unspecified atom stereocenters. The average Bonchev–Trinajstić information content (AvgIpc) is 2.37. The molecule has 17 heavy (non-hydrogen) atoms. The summed E-state index contributed by atoms with van der Waals surface area (Å²) in [5.41, 5.74) is 1.08. The molecule has 0 amide bonds. The normalized spacial score (nSPS) is 12.8. The average molecular weight is 236 g/mol. The Labute approximate surface area is 104 Å². The van der Waals surface area contributed by atoms with Crippen molar-refractivity contribution in [3.05, 3.63) is 18.0 Å². The molecule has 4 nitrogen and oxygen atoms in total. The molecule has 0 aliphatic heterocycles. The highest BCUT2D eigenvalue weighted by Crippen LogP contribution is 2.08. The molecule has 0 aliphatic carbocycles. The summed E-state index contributed by atoms with van der Waals surface area (Å²) in [4.78, 5) is 11.0. The van der Waals surface area contributed by atoms with Gasteiger partial charge in [-0.15, -0.1) is 0 Å². The van der Waals surface area contributed by atoms with Gasteiger partial charge in [-0.2, -0.15) is 0 Å². The van der Waals surface area contributed by atoms with Crippen molar-refractivity contribution in [2.45, 2.75) is 33.7 Å². The van der Waals surface area contributed by atoms with Crippen LogP contribution in [0.4, 0.5) is 5.95 Å². The minimum atomic E-state index is 0.696. The lowest BCUT2D eigenvalue weighted by molar-refractivity contribution is 0.235. The van der Waals surface area contributed by atoms with Gasteiger partial charge in [-0.05, 0) is 18.5 Å². The highest BCUT2D eigenvalue weighted by Gasteiger charge is 2.09. The molecule has 0 aromatic carbocycles. The molecule has 1 atom stereocenters. The van der Waals surface area contributed by atoms with Crippen LogP contribution >= 0.6 is 0 Å². The highest BCUT2D eigenvalue weighted by molar-refractivity contribution is 5.23. The van der Waals surface area contributed by atoms with E-state index in [-0.39, 0.29) is 0 Å². The molecule has 0 aliphatic rings. The molecule has 1 rings (SSSR count). The zero-order chi connectivity index (χ0) is 12.7. The summed E-state index contributed by atoms with van der Waals surface area (Å²) in [6.07, 6.45) is 3.04. The molecule has 1 heterocycles. The number of hydrogen-bond acceptors (Lipinski definition) is 4. The van der Waals surface area contributed by atoms with Gasteiger partial charge in [-0.1, -0.05) is 27.2 Å². The minimum absolute atomic E-state index is 0.696. The number of anilines is 1. The van der Waals surface area contributed by atoms with Gasteiger partial charge in [0.15, 0.2) is 0 Å². The summed E-state index contributed by atoms with van der Waals surface area (Å²) in [5.74, 6) is 1.43. The molecule has 96 valence electrons. The third-order valence-electron chi connectivity index (χ3n) is 3.04. The number of nitrogens with one attached hydrogen (secondary N) is 1. The fraction of sp³-hybridized carbons (Fsp3) is 0.692. The maximum absolute atomic E-state index is 4.45. The van der Waals surface area contributed by atoms with Crippen molar-refractivity contribution in [2.24, 2.45) is 5.92 Å². The van der Waals surface area contributed by atoms with Gasteiger partial charge in [-0.25, -0.2) is 9.97 Å². The first-order chi connectivity index (χ1) is 8.19. The Kier molecular flexibility index (Phi) is 5.91. The molecular formula is C13H24N4. The van der Waals surface area contributed by atoms with Gasteiger partial charge in [0.25, 0.3) is 0 Å². The van der Waals surface area contributed by atoms with Crippen LogP contribution in [0.1, 0.15) is 32.9 Å². The van der Waals surface area contributed by atoms with Crippen molar-refractivity contribution in [1.29, 1.82) is 0 Å². The van der Waals surface area contributed by atoms with E-state index in [1.165, 1.54) is 6.42 Å². The number of aromatic nitrogens is 2. The van der Waals surface area contributed by atoms with Crippen molar-refractivity contribution in [3.63, 3.8) is 0 Å². The molecule has 0 bridgehead atoms. The highest BCUT2D eigenvalue weighted by atomic mass is 15.1. The van der Waals surface area contributed by atoms with Crippen molar-refractivity contribution in [2.75, 3.05) is 25.5 Å². The minimum Gasteiger partial charge on any atom is -0.357 e. The third-order valence-corrected chi connectivity index (χ3v) is 3.04. The molecule has 0 saturated heterocycles. The predicted octanol–water partition coefficient (Wildman–Crippen LogP) is 2.39. The van der Waals surface area contributed by atoms with Gasteiger partial charge in [0.1, 0.15) is 0 Å². The Hall–Kier alpha value is -1.16. The van der Waals surface area contributed by atoms with Crippen LogP contribution in [0.25, 0.3) is 0 Å². The first-order valence-electron chi connectivity index (χ1n) is 6.41. The standard InChI is InChI=1S/C13H24N4/c1-5-11(3)9-17(6-2)10-12-7-8-15-13(14-4)16-12/h7-8,11H,5-6,9-10H2,1-4H3,(H,14,15,16). The van der Waals surface area contributed by atoms with E-state index in [1.807, 2.05) is 19.3 Å². The maximum atomic E-state index is 4.45. The van der Waals surface area contributed by atoms with Crippen LogP contribution in [-0.4, -0.2) is 35.0 Å². The molecular weight excluding hydrogens is 212 g/mol.